The summed E-state index contributed by atoms with van der Waals surface area (Å²) in [4.78, 5) is 0. The molecule has 0 aliphatic rings. The normalized spacial score (nSPS) is 0.800. The second-order valence-corrected chi connectivity index (χ2v) is 0. The molecule has 5 heavy (non-hydrogen) atoms. The van der Waals surface area contributed by atoms with Gasteiger partial charge in [0.2, 0.25) is 0 Å². The monoisotopic (exact) mass is 138 g/mol. The van der Waals surface area contributed by atoms with E-state index in [1.807, 2.05) is 0 Å². The maximum atomic E-state index is 8.06. The smallest absolute Gasteiger partial charge is 0.138 e. The van der Waals surface area contributed by atoms with Gasteiger partial charge in [-0.25, -0.2) is 0 Å². The van der Waals surface area contributed by atoms with E-state index in [1.165, 1.54) is 0 Å². The molecule has 0 amide bonds. The Balaban J connectivity index is -0.00000000167. The Morgan fingerprint density at radius 1 is 1.00 bits per heavy atom. The molecule has 0 heterocycles. The lowest BCUT2D eigenvalue weighted by Gasteiger charge is -1.00. The molecule has 0 N–H and O–H groups in total. The van der Waals surface area contributed by atoms with Crippen molar-refractivity contribution in [1.82, 2.24) is 0 Å². The molecule has 1 nitrogen and oxygen atoms in total. The minimum atomic E-state index is 0. The van der Waals surface area contributed by atoms with Gasteiger partial charge in [0.1, 0.15) is 9.12 Å². The average Bonchev–Trinajstić information content (AvgIpc) is 1.00. The van der Waals surface area contributed by atoms with Crippen molar-refractivity contribution < 1.29 is 34.1 Å². The first-order valence-corrected chi connectivity index (χ1v) is 0.612. The minimum absolute atomic E-state index is 0. The van der Waals surface area contributed by atoms with Gasteiger partial charge >= 0.3 is 0 Å². The van der Waals surface area contributed by atoms with Crippen LogP contribution >= 0.6 is 9.12 Å². The van der Waals surface area contributed by atoms with Gasteiger partial charge in [-0.1, -0.05) is 0 Å². The molecule has 0 radical (unpaired) electrons. The fourth-order valence-electron chi connectivity index (χ4n) is 0. The van der Waals surface area contributed by atoms with E-state index in [-0.39, 0.29) is 29.5 Å². The standard InChI is InChI=1S/2ClH.FH.HOP/c;;;1-2/h3*1H;2H/p-2. The summed E-state index contributed by atoms with van der Waals surface area (Å²) in [5.41, 5.74) is 0. The lowest BCUT2D eigenvalue weighted by molar-refractivity contribution is -0.00100. The lowest BCUT2D eigenvalue weighted by Crippen LogP contribution is -3.00. The molecular formula is H2Cl2FOP-2. The average molecular weight is 139 g/mol. The molecule has 0 spiro atoms. The maximum Gasteiger partial charge on any atom is 0.138 e. The predicted molar refractivity (Wildman–Crippen MR) is 11.5 cm³/mol. The quantitative estimate of drug-likeness (QED) is 0.306. The Morgan fingerprint density at radius 3 is 1.00 bits per heavy atom. The molecule has 0 saturated carbocycles. The fourth-order valence-corrected chi connectivity index (χ4v) is 0. The summed E-state index contributed by atoms with van der Waals surface area (Å²) in [6, 6.07) is 0. The molecule has 0 aromatic heterocycles. The zero-order valence-electron chi connectivity index (χ0n) is 2.07. The number of hydrogen-bond donors (Lipinski definition) is 0. The highest BCUT2D eigenvalue weighted by atomic mass is 35.5. The Hall–Kier alpha value is 0.610. The highest BCUT2D eigenvalue weighted by molar-refractivity contribution is 7.00. The maximum absolute atomic E-state index is 8.06. The van der Waals surface area contributed by atoms with E-state index in [1.54, 1.807) is 9.12 Å². The summed E-state index contributed by atoms with van der Waals surface area (Å²) < 4.78 is 8.06. The van der Waals surface area contributed by atoms with E-state index in [2.05, 4.69) is 0 Å². The fraction of sp³-hybridized carbons (Fsp3) is 0. The molecule has 0 fully saturated rings. The number of halogens is 3. The van der Waals surface area contributed by atoms with Crippen molar-refractivity contribution >= 4 is 9.12 Å². The van der Waals surface area contributed by atoms with Crippen LogP contribution < -0.4 is 24.8 Å². The first-order valence-electron chi connectivity index (χ1n) is 0.204. The van der Waals surface area contributed by atoms with Crippen molar-refractivity contribution in [2.24, 2.45) is 0 Å². The van der Waals surface area contributed by atoms with Crippen molar-refractivity contribution in [1.29, 1.82) is 0 Å². The van der Waals surface area contributed by atoms with Gasteiger partial charge in [0.15, 0.2) is 0 Å². The zero-order valence-corrected chi connectivity index (χ0v) is 4.58. The second kappa shape index (κ2) is 161. The Kier molecular flexibility index (Phi) is 1490. The van der Waals surface area contributed by atoms with Gasteiger partial charge in [0.05, 0.1) is 0 Å². The van der Waals surface area contributed by atoms with Gasteiger partial charge in [-0.2, -0.15) is 0 Å². The van der Waals surface area contributed by atoms with E-state index < -0.39 is 0 Å². The van der Waals surface area contributed by atoms with Crippen LogP contribution in [0.3, 0.4) is 0 Å². The van der Waals surface area contributed by atoms with Crippen LogP contribution in [0, 0.1) is 0 Å². The van der Waals surface area contributed by atoms with Gasteiger partial charge in [0, 0.05) is 0 Å². The van der Waals surface area contributed by atoms with Gasteiger partial charge in [0.25, 0.3) is 0 Å². The molecule has 5 heteroatoms. The summed E-state index contributed by atoms with van der Waals surface area (Å²) in [6.07, 6.45) is 0. The molecule has 0 aliphatic carbocycles. The Bertz CT molecular complexity index is 9.61. The lowest BCUT2D eigenvalue weighted by atomic mass is 16.0. The van der Waals surface area contributed by atoms with Crippen molar-refractivity contribution in [3.63, 3.8) is 0 Å². The number of hydrogen-bond acceptors (Lipinski definition) is 1. The molecule has 0 unspecified atom stereocenters. The molecule has 0 bridgehead atoms. The third-order valence-corrected chi connectivity index (χ3v) is 0. The third-order valence-electron chi connectivity index (χ3n) is 0. The Morgan fingerprint density at radius 2 is 1.00 bits per heavy atom. The van der Waals surface area contributed by atoms with Crippen molar-refractivity contribution in [3.8, 4) is 0 Å². The first-order chi connectivity index (χ1) is 1.00. The van der Waals surface area contributed by atoms with Crippen LogP contribution in [0.25, 0.3) is 0 Å². The summed E-state index contributed by atoms with van der Waals surface area (Å²) in [6.45, 7) is 0. The molecule has 0 atom stereocenters. The van der Waals surface area contributed by atoms with Gasteiger partial charge in [-0.05, 0) is 0 Å². The SMILES string of the molecule is F.O=P.[Cl-].[Cl-]. The van der Waals surface area contributed by atoms with Crippen molar-refractivity contribution in [3.05, 3.63) is 0 Å². The van der Waals surface area contributed by atoms with Gasteiger partial charge < -0.3 is 24.8 Å². The summed E-state index contributed by atoms with van der Waals surface area (Å²) in [5.74, 6) is 0. The van der Waals surface area contributed by atoms with Crippen LogP contribution in [-0.2, 0) is 4.57 Å². The van der Waals surface area contributed by atoms with E-state index >= 15 is 0 Å². The first kappa shape index (κ1) is 46.0. The van der Waals surface area contributed by atoms with Crippen LogP contribution in [0.15, 0.2) is 0 Å². The third kappa shape index (κ3) is 84.4. The highest BCUT2D eigenvalue weighted by Gasteiger charge is 0.667. The topological polar surface area (TPSA) is 17.1 Å². The van der Waals surface area contributed by atoms with Crippen LogP contribution in [0.4, 0.5) is 4.70 Å². The molecule has 0 aliphatic heterocycles. The zero-order chi connectivity index (χ0) is 2.00. The summed E-state index contributed by atoms with van der Waals surface area (Å²) in [7, 11) is 1.72. The van der Waals surface area contributed by atoms with Crippen molar-refractivity contribution in [2.75, 3.05) is 0 Å². The van der Waals surface area contributed by atoms with E-state index in [4.69, 9.17) is 4.57 Å². The molecule has 0 aromatic carbocycles. The van der Waals surface area contributed by atoms with E-state index in [9.17, 15) is 0 Å². The summed E-state index contributed by atoms with van der Waals surface area (Å²) >= 11 is 0. The molecule has 36 valence electrons. The van der Waals surface area contributed by atoms with Crippen molar-refractivity contribution in [2.45, 2.75) is 0 Å². The van der Waals surface area contributed by atoms with Crippen LogP contribution in [-0.4, -0.2) is 0 Å². The van der Waals surface area contributed by atoms with Crippen LogP contribution in [0.5, 0.6) is 0 Å². The predicted octanol–water partition coefficient (Wildman–Crippen LogP) is -5.36. The minimum Gasteiger partial charge on any atom is -1.00 e. The highest BCUT2D eigenvalue weighted by Crippen LogP contribution is 1.23. The van der Waals surface area contributed by atoms with Gasteiger partial charge in [-0.3, -0.25) is 9.27 Å². The molecular weight excluding hydrogens is 137 g/mol. The largest absolute Gasteiger partial charge is 1.00 e. The number of rotatable bonds is 0. The second-order valence-electron chi connectivity index (χ2n) is 0. The van der Waals surface area contributed by atoms with Crippen LogP contribution in [0.2, 0.25) is 0 Å². The van der Waals surface area contributed by atoms with Gasteiger partial charge in [-0.15, -0.1) is 0 Å². The molecule has 0 rings (SSSR count). The van der Waals surface area contributed by atoms with E-state index in [0.717, 1.165) is 0 Å². The van der Waals surface area contributed by atoms with Crippen LogP contribution in [0.1, 0.15) is 0 Å². The Labute approximate surface area is 43.9 Å². The van der Waals surface area contributed by atoms with E-state index in [0.29, 0.717) is 0 Å². The molecule has 0 aromatic rings. The molecule has 0 saturated heterocycles. The summed E-state index contributed by atoms with van der Waals surface area (Å²) in [5, 5.41) is 0.